The van der Waals surface area contributed by atoms with E-state index in [0.717, 1.165) is 6.92 Å². The Morgan fingerprint density at radius 3 is 1.89 bits per heavy atom. The van der Waals surface area contributed by atoms with Crippen molar-refractivity contribution in [3.8, 4) is 0 Å². The van der Waals surface area contributed by atoms with Gasteiger partial charge >= 0.3 is 12.0 Å². The van der Waals surface area contributed by atoms with Crippen LogP contribution in [0.2, 0.25) is 0 Å². The van der Waals surface area contributed by atoms with Gasteiger partial charge in [-0.2, -0.15) is 13.2 Å². The van der Waals surface area contributed by atoms with Crippen molar-refractivity contribution in [3.05, 3.63) is 21.6 Å². The number of aryl methyl sites for hydroxylation is 1. The van der Waals surface area contributed by atoms with Crippen LogP contribution in [0, 0.1) is 17.0 Å². The van der Waals surface area contributed by atoms with Crippen LogP contribution in [0.15, 0.2) is 0 Å². The Kier molecular flexibility index (Phi) is 8.57. The summed E-state index contributed by atoms with van der Waals surface area (Å²) in [6, 6.07) is 0. The average Bonchev–Trinajstić information content (AvgIpc) is 2.32. The zero-order chi connectivity index (χ0) is 14.9. The fourth-order valence-electron chi connectivity index (χ4n) is 0.714. The first kappa shape index (κ1) is 18.6. The van der Waals surface area contributed by atoms with Crippen LogP contribution in [0.25, 0.3) is 0 Å². The van der Waals surface area contributed by atoms with E-state index in [1.807, 2.05) is 27.7 Å². The third-order valence-electron chi connectivity index (χ3n) is 1.22. The largest absolute Gasteiger partial charge is 0.442 e. The minimum atomic E-state index is -4.90. The highest BCUT2D eigenvalue weighted by Crippen LogP contribution is 2.32. The number of halogens is 3. The van der Waals surface area contributed by atoms with Gasteiger partial charge in [0.05, 0.1) is 5.10 Å². The minimum Gasteiger partial charge on any atom is -0.358 e. The number of alkyl halides is 3. The highest BCUT2D eigenvalue weighted by molar-refractivity contribution is 5.26. The van der Waals surface area contributed by atoms with Crippen LogP contribution in [-0.4, -0.2) is 20.1 Å². The van der Waals surface area contributed by atoms with E-state index in [-0.39, 0.29) is 5.82 Å². The summed E-state index contributed by atoms with van der Waals surface area (Å²) in [6.07, 6.45) is -4.90. The molecule has 0 unspecified atom stereocenters. The number of nitro groups is 1. The topological polar surface area (TPSA) is 81.8 Å². The Balaban J connectivity index is 0. The van der Waals surface area contributed by atoms with E-state index in [1.54, 1.807) is 0 Å². The lowest BCUT2D eigenvalue weighted by Crippen LogP contribution is -2.15. The molecule has 0 saturated heterocycles. The summed E-state index contributed by atoms with van der Waals surface area (Å²) in [5.74, 6) is -1.66. The molecular formula is C9H15F3N4O2. The lowest BCUT2D eigenvalue weighted by molar-refractivity contribution is -0.394. The smallest absolute Gasteiger partial charge is 0.358 e. The van der Waals surface area contributed by atoms with Gasteiger partial charge in [-0.05, 0) is 16.9 Å². The highest BCUT2D eigenvalue weighted by atomic mass is 19.4. The Morgan fingerprint density at radius 1 is 1.11 bits per heavy atom. The number of hydrogen-bond acceptors (Lipinski definition) is 5. The fourth-order valence-corrected chi connectivity index (χ4v) is 0.714. The second-order valence-corrected chi connectivity index (χ2v) is 2.29. The molecule has 0 saturated carbocycles. The van der Waals surface area contributed by atoms with Gasteiger partial charge < -0.3 is 10.1 Å². The van der Waals surface area contributed by atoms with Crippen molar-refractivity contribution in [2.24, 2.45) is 0 Å². The summed E-state index contributed by atoms with van der Waals surface area (Å²) < 4.78 is 36.5. The number of aromatic nitrogens is 3. The lowest BCUT2D eigenvalue weighted by atomic mass is 10.4. The van der Waals surface area contributed by atoms with Crippen LogP contribution in [0.4, 0.5) is 19.0 Å². The quantitative estimate of drug-likeness (QED) is 0.577. The molecule has 0 aliphatic heterocycles. The first-order valence-corrected chi connectivity index (χ1v) is 5.25. The van der Waals surface area contributed by atoms with Crippen LogP contribution in [0.3, 0.4) is 0 Å². The predicted octanol–water partition coefficient (Wildman–Crippen LogP) is 3.16. The summed E-state index contributed by atoms with van der Waals surface area (Å²) >= 11 is 0. The first-order chi connectivity index (χ1) is 8.32. The summed E-state index contributed by atoms with van der Waals surface area (Å²) in [5.41, 5.74) is -1.63. The third kappa shape index (κ3) is 5.51. The van der Waals surface area contributed by atoms with Crippen LogP contribution in [0.5, 0.6) is 0 Å². The molecule has 0 bridgehead atoms. The molecule has 9 heteroatoms. The Hall–Kier alpha value is -1.80. The molecule has 1 rings (SSSR count). The van der Waals surface area contributed by atoms with Crippen molar-refractivity contribution < 1.29 is 18.1 Å². The van der Waals surface area contributed by atoms with E-state index in [1.165, 1.54) is 0 Å². The maximum atomic E-state index is 12.2. The third-order valence-corrected chi connectivity index (χ3v) is 1.22. The van der Waals surface area contributed by atoms with E-state index in [2.05, 4.69) is 15.2 Å². The molecule has 0 N–H and O–H groups in total. The first-order valence-electron chi connectivity index (χ1n) is 5.25. The van der Waals surface area contributed by atoms with Gasteiger partial charge in [-0.3, -0.25) is 0 Å². The van der Waals surface area contributed by atoms with Gasteiger partial charge in [0.1, 0.15) is 0 Å². The molecule has 104 valence electrons. The maximum Gasteiger partial charge on any atom is 0.442 e. The van der Waals surface area contributed by atoms with E-state index in [9.17, 15) is 23.3 Å². The standard InChI is InChI=1S/C5H3F3N4O2.2C2H6/c1-2-9-3(5(6,7)8)4(11-10-2)12(13)14;2*1-2/h1H3;2*1-2H3. The van der Waals surface area contributed by atoms with Crippen LogP contribution >= 0.6 is 0 Å². The van der Waals surface area contributed by atoms with E-state index < -0.39 is 22.6 Å². The molecule has 0 aromatic carbocycles. The monoisotopic (exact) mass is 268 g/mol. The molecule has 0 fully saturated rings. The summed E-state index contributed by atoms with van der Waals surface area (Å²) in [5, 5.41) is 16.0. The van der Waals surface area contributed by atoms with Crippen LogP contribution < -0.4 is 0 Å². The minimum absolute atomic E-state index is 0.275. The zero-order valence-corrected chi connectivity index (χ0v) is 10.7. The van der Waals surface area contributed by atoms with Crippen LogP contribution in [0.1, 0.15) is 39.2 Å². The molecule has 1 aromatic rings. The van der Waals surface area contributed by atoms with Crippen molar-refractivity contribution in [1.82, 2.24) is 15.2 Å². The van der Waals surface area contributed by atoms with E-state index in [0.29, 0.717) is 0 Å². The number of rotatable bonds is 1. The average molecular weight is 268 g/mol. The van der Waals surface area contributed by atoms with Gasteiger partial charge in [0.15, 0.2) is 5.82 Å². The van der Waals surface area contributed by atoms with Gasteiger partial charge in [0.2, 0.25) is 5.69 Å². The van der Waals surface area contributed by atoms with Gasteiger partial charge in [-0.25, -0.2) is 4.98 Å². The molecule has 0 amide bonds. The molecule has 0 aliphatic carbocycles. The molecule has 0 radical (unpaired) electrons. The van der Waals surface area contributed by atoms with Crippen LogP contribution in [-0.2, 0) is 6.18 Å². The summed E-state index contributed by atoms with van der Waals surface area (Å²) in [4.78, 5) is 11.8. The molecule has 6 nitrogen and oxygen atoms in total. The SMILES string of the molecule is CC.CC.Cc1nnc([N+](=O)[O-])c(C(F)(F)F)n1. The zero-order valence-electron chi connectivity index (χ0n) is 10.7. The van der Waals surface area contributed by atoms with Gasteiger partial charge in [0, 0.05) is 0 Å². The lowest BCUT2D eigenvalue weighted by Gasteiger charge is -2.04. The fraction of sp³-hybridized carbons (Fsp3) is 0.667. The number of nitrogens with zero attached hydrogens (tertiary/aromatic N) is 4. The maximum absolute atomic E-state index is 12.2. The Morgan fingerprint density at radius 2 is 1.56 bits per heavy atom. The van der Waals surface area contributed by atoms with E-state index >= 15 is 0 Å². The molecule has 1 aromatic heterocycles. The molecular weight excluding hydrogens is 253 g/mol. The summed E-state index contributed by atoms with van der Waals surface area (Å²) in [7, 11) is 0. The van der Waals surface area contributed by atoms with Crippen molar-refractivity contribution in [1.29, 1.82) is 0 Å². The van der Waals surface area contributed by atoms with Gasteiger partial charge in [-0.1, -0.05) is 27.7 Å². The Labute approximate surface area is 102 Å². The Bertz CT molecular complexity index is 383. The highest BCUT2D eigenvalue weighted by Gasteiger charge is 2.42. The second-order valence-electron chi connectivity index (χ2n) is 2.29. The number of hydrogen-bond donors (Lipinski definition) is 0. The molecule has 0 atom stereocenters. The molecule has 18 heavy (non-hydrogen) atoms. The normalized spacial score (nSPS) is 9.56. The van der Waals surface area contributed by atoms with Crippen molar-refractivity contribution in [3.63, 3.8) is 0 Å². The molecule has 1 heterocycles. The van der Waals surface area contributed by atoms with Gasteiger partial charge in [0.25, 0.3) is 0 Å². The predicted molar refractivity (Wildman–Crippen MR) is 58.9 cm³/mol. The van der Waals surface area contributed by atoms with E-state index in [4.69, 9.17) is 0 Å². The summed E-state index contributed by atoms with van der Waals surface area (Å²) in [6.45, 7) is 9.16. The van der Waals surface area contributed by atoms with Gasteiger partial charge in [-0.15, -0.1) is 0 Å². The van der Waals surface area contributed by atoms with Crippen molar-refractivity contribution in [2.75, 3.05) is 0 Å². The molecule has 0 aliphatic rings. The molecule has 0 spiro atoms. The van der Waals surface area contributed by atoms with Crippen molar-refractivity contribution in [2.45, 2.75) is 40.8 Å². The second kappa shape index (κ2) is 8.31. The van der Waals surface area contributed by atoms with Crippen molar-refractivity contribution >= 4 is 5.82 Å².